The normalized spacial score (nSPS) is 17.1. The lowest BCUT2D eigenvalue weighted by atomic mass is 10.0. The number of fused-ring (bicyclic) bond motifs is 1. The number of nitrogens with zero attached hydrogens (tertiary/aromatic N) is 3. The van der Waals surface area contributed by atoms with Crippen LogP contribution in [0.5, 0.6) is 0 Å². The van der Waals surface area contributed by atoms with E-state index in [1.54, 1.807) is 19.4 Å². The molecule has 8 heteroatoms. The molecule has 0 unspecified atom stereocenters. The van der Waals surface area contributed by atoms with Crippen LogP contribution in [0.1, 0.15) is 18.4 Å². The van der Waals surface area contributed by atoms with E-state index < -0.39 is 4.92 Å². The van der Waals surface area contributed by atoms with Gasteiger partial charge in [-0.1, -0.05) is 0 Å². The quantitative estimate of drug-likeness (QED) is 0.444. The Kier molecular flexibility index (Phi) is 5.73. The van der Waals surface area contributed by atoms with E-state index in [0.29, 0.717) is 6.04 Å². The zero-order chi connectivity index (χ0) is 20.2. The number of methoxy groups -OCH3 is 1. The summed E-state index contributed by atoms with van der Waals surface area (Å²) in [5, 5.41) is 15.5. The van der Waals surface area contributed by atoms with E-state index in [4.69, 9.17) is 4.74 Å². The number of anilines is 2. The molecule has 1 aliphatic heterocycles. The number of benzene rings is 1. The smallest absolute Gasteiger partial charge is 0.311 e. The van der Waals surface area contributed by atoms with E-state index in [1.807, 2.05) is 18.2 Å². The largest absolute Gasteiger partial charge is 0.383 e. The number of nitro groups is 1. The van der Waals surface area contributed by atoms with Crippen molar-refractivity contribution < 1.29 is 9.66 Å². The standard InChI is InChI=1S/C21H25N5O3/c1-29-11-10-25-9-3-4-17(25)12-15-14-23-19-7-6-16(13-18(15)19)24-21-20(26(27)28)5-2-8-22-21/h2,5-8,13-14,17,23H,3-4,9-12H2,1H3,(H,22,24)/t17-/m1/s1. The fraction of sp³-hybridized carbons (Fsp3) is 0.381. The topological polar surface area (TPSA) is 96.3 Å². The Bertz CT molecular complexity index is 1000. The molecule has 4 rings (SSSR count). The lowest BCUT2D eigenvalue weighted by molar-refractivity contribution is -0.384. The molecule has 1 atom stereocenters. The number of aromatic nitrogens is 2. The summed E-state index contributed by atoms with van der Waals surface area (Å²) in [6.45, 7) is 2.83. The maximum atomic E-state index is 11.2. The summed E-state index contributed by atoms with van der Waals surface area (Å²) >= 11 is 0. The van der Waals surface area contributed by atoms with Gasteiger partial charge in [0.2, 0.25) is 5.82 Å². The van der Waals surface area contributed by atoms with Gasteiger partial charge in [-0.25, -0.2) is 4.98 Å². The zero-order valence-corrected chi connectivity index (χ0v) is 16.4. The second kappa shape index (κ2) is 8.59. The van der Waals surface area contributed by atoms with Gasteiger partial charge in [-0.05, 0) is 55.6 Å². The summed E-state index contributed by atoms with van der Waals surface area (Å²) in [7, 11) is 1.74. The Balaban J connectivity index is 1.56. The van der Waals surface area contributed by atoms with E-state index in [2.05, 4.69) is 26.4 Å². The second-order valence-electron chi connectivity index (χ2n) is 7.36. The van der Waals surface area contributed by atoms with Crippen molar-refractivity contribution in [2.24, 2.45) is 0 Å². The van der Waals surface area contributed by atoms with Crippen molar-refractivity contribution in [2.75, 3.05) is 32.1 Å². The van der Waals surface area contributed by atoms with E-state index in [9.17, 15) is 10.1 Å². The first-order chi connectivity index (χ1) is 14.2. The van der Waals surface area contributed by atoms with Crippen LogP contribution in [0.2, 0.25) is 0 Å². The number of aromatic amines is 1. The fourth-order valence-corrected chi connectivity index (χ4v) is 4.09. The van der Waals surface area contributed by atoms with Crippen LogP contribution in [0.3, 0.4) is 0 Å². The molecule has 2 N–H and O–H groups in total. The molecule has 29 heavy (non-hydrogen) atoms. The van der Waals surface area contributed by atoms with Gasteiger partial charge in [-0.2, -0.15) is 0 Å². The Morgan fingerprint density at radius 3 is 3.14 bits per heavy atom. The minimum atomic E-state index is -0.426. The minimum absolute atomic E-state index is 0.0402. The number of nitrogens with one attached hydrogen (secondary N) is 2. The number of H-pyrrole nitrogens is 1. The molecule has 0 spiro atoms. The predicted molar refractivity (Wildman–Crippen MR) is 113 cm³/mol. The van der Waals surface area contributed by atoms with Crippen LogP contribution < -0.4 is 5.32 Å². The highest BCUT2D eigenvalue weighted by atomic mass is 16.6. The molecule has 152 valence electrons. The summed E-state index contributed by atoms with van der Waals surface area (Å²) in [4.78, 5) is 20.8. The van der Waals surface area contributed by atoms with Crippen LogP contribution in [-0.2, 0) is 11.2 Å². The van der Waals surface area contributed by atoms with Gasteiger partial charge in [0, 0.05) is 54.7 Å². The van der Waals surface area contributed by atoms with E-state index >= 15 is 0 Å². The Labute approximate surface area is 169 Å². The van der Waals surface area contributed by atoms with Crippen LogP contribution in [0.25, 0.3) is 10.9 Å². The molecule has 3 aromatic rings. The summed E-state index contributed by atoms with van der Waals surface area (Å²) in [5.74, 6) is 0.246. The first kappa shape index (κ1) is 19.4. The second-order valence-corrected chi connectivity index (χ2v) is 7.36. The van der Waals surface area contributed by atoms with Crippen LogP contribution in [-0.4, -0.2) is 52.6 Å². The van der Waals surface area contributed by atoms with Crippen molar-refractivity contribution in [3.63, 3.8) is 0 Å². The molecule has 0 amide bonds. The van der Waals surface area contributed by atoms with Gasteiger partial charge in [0.1, 0.15) is 0 Å². The van der Waals surface area contributed by atoms with Crippen molar-refractivity contribution in [1.29, 1.82) is 0 Å². The Morgan fingerprint density at radius 2 is 2.31 bits per heavy atom. The first-order valence-electron chi connectivity index (χ1n) is 9.85. The molecule has 1 fully saturated rings. The Morgan fingerprint density at radius 1 is 1.41 bits per heavy atom. The van der Waals surface area contributed by atoms with E-state index in [1.165, 1.54) is 24.5 Å². The molecule has 1 aliphatic rings. The van der Waals surface area contributed by atoms with Crippen molar-refractivity contribution in [2.45, 2.75) is 25.3 Å². The molecular formula is C21H25N5O3. The molecule has 0 aliphatic carbocycles. The lowest BCUT2D eigenvalue weighted by Crippen LogP contribution is -2.33. The third-order valence-electron chi connectivity index (χ3n) is 5.55. The van der Waals surface area contributed by atoms with Crippen LogP contribution in [0, 0.1) is 10.1 Å². The average molecular weight is 395 g/mol. The highest BCUT2D eigenvalue weighted by molar-refractivity contribution is 5.87. The van der Waals surface area contributed by atoms with Gasteiger partial charge < -0.3 is 15.0 Å². The number of likely N-dealkylation sites (tertiary alicyclic amines) is 1. The number of pyridine rings is 1. The van der Waals surface area contributed by atoms with Crippen LogP contribution in [0.15, 0.2) is 42.7 Å². The molecule has 3 heterocycles. The third kappa shape index (κ3) is 4.23. The van der Waals surface area contributed by atoms with Gasteiger partial charge in [0.05, 0.1) is 11.5 Å². The van der Waals surface area contributed by atoms with Crippen molar-refractivity contribution in [1.82, 2.24) is 14.9 Å². The molecular weight excluding hydrogens is 370 g/mol. The molecule has 1 saturated heterocycles. The highest BCUT2D eigenvalue weighted by Gasteiger charge is 2.25. The highest BCUT2D eigenvalue weighted by Crippen LogP contribution is 2.30. The van der Waals surface area contributed by atoms with Gasteiger partial charge in [0.15, 0.2) is 0 Å². The summed E-state index contributed by atoms with van der Waals surface area (Å²) in [5.41, 5.74) is 3.06. The number of hydrogen-bond donors (Lipinski definition) is 2. The summed E-state index contributed by atoms with van der Waals surface area (Å²) < 4.78 is 5.25. The first-order valence-corrected chi connectivity index (χ1v) is 9.85. The summed E-state index contributed by atoms with van der Waals surface area (Å²) in [6.07, 6.45) is 6.99. The fourth-order valence-electron chi connectivity index (χ4n) is 4.09. The minimum Gasteiger partial charge on any atom is -0.383 e. The number of hydrogen-bond acceptors (Lipinski definition) is 6. The van der Waals surface area contributed by atoms with Crippen molar-refractivity contribution in [3.05, 3.63) is 58.4 Å². The Hall–Kier alpha value is -2.97. The molecule has 8 nitrogen and oxygen atoms in total. The maximum Gasteiger partial charge on any atom is 0.311 e. The summed E-state index contributed by atoms with van der Waals surface area (Å²) in [6, 6.07) is 9.46. The van der Waals surface area contributed by atoms with Gasteiger partial charge in [0.25, 0.3) is 0 Å². The van der Waals surface area contributed by atoms with Gasteiger partial charge in [-0.15, -0.1) is 0 Å². The van der Waals surface area contributed by atoms with E-state index in [0.717, 1.165) is 42.7 Å². The average Bonchev–Trinajstić information content (AvgIpc) is 3.34. The van der Waals surface area contributed by atoms with Crippen molar-refractivity contribution >= 4 is 28.1 Å². The third-order valence-corrected chi connectivity index (χ3v) is 5.55. The van der Waals surface area contributed by atoms with E-state index in [-0.39, 0.29) is 11.5 Å². The SMILES string of the molecule is COCCN1CCC[C@@H]1Cc1c[nH]c2ccc(Nc3ncccc3[N+](=O)[O-])cc12. The van der Waals surface area contributed by atoms with Crippen molar-refractivity contribution in [3.8, 4) is 0 Å². The molecule has 0 radical (unpaired) electrons. The predicted octanol–water partition coefficient (Wildman–Crippen LogP) is 3.87. The molecule has 0 bridgehead atoms. The molecule has 0 saturated carbocycles. The maximum absolute atomic E-state index is 11.2. The zero-order valence-electron chi connectivity index (χ0n) is 16.4. The lowest BCUT2D eigenvalue weighted by Gasteiger charge is -2.23. The molecule has 2 aromatic heterocycles. The van der Waals surface area contributed by atoms with Crippen LogP contribution >= 0.6 is 0 Å². The van der Waals surface area contributed by atoms with Crippen LogP contribution in [0.4, 0.5) is 17.2 Å². The van der Waals surface area contributed by atoms with Gasteiger partial charge >= 0.3 is 5.69 Å². The number of rotatable bonds is 8. The monoisotopic (exact) mass is 395 g/mol. The van der Waals surface area contributed by atoms with Gasteiger partial charge in [-0.3, -0.25) is 15.0 Å². The number of ether oxygens (including phenoxy) is 1. The molecule has 1 aromatic carbocycles.